The van der Waals surface area contributed by atoms with Crippen LogP contribution in [0.25, 0.3) is 0 Å². The third-order valence-electron chi connectivity index (χ3n) is 5.60. The summed E-state index contributed by atoms with van der Waals surface area (Å²) in [5.74, 6) is -0.209. The molecule has 2 aliphatic heterocycles. The second-order valence-corrected chi connectivity index (χ2v) is 9.76. The SMILES string of the molecule is O=C(O)CCC/C=C\C[C@@H]1[C@@H](CS(=O)(=O)Cc2ccccc2)[C@@H]2CC[C@H]1O2. The van der Waals surface area contributed by atoms with Gasteiger partial charge in [0.2, 0.25) is 0 Å². The summed E-state index contributed by atoms with van der Waals surface area (Å²) in [5.41, 5.74) is 0.830. The van der Waals surface area contributed by atoms with Gasteiger partial charge in [0.15, 0.2) is 9.84 Å². The number of unbranched alkanes of at least 4 members (excludes halogenated alkanes) is 1. The normalized spacial score (nSPS) is 27.4. The zero-order chi connectivity index (χ0) is 19.3. The van der Waals surface area contributed by atoms with Gasteiger partial charge in [-0.15, -0.1) is 0 Å². The van der Waals surface area contributed by atoms with Gasteiger partial charge in [-0.1, -0.05) is 42.5 Å². The lowest BCUT2D eigenvalue weighted by atomic mass is 9.78. The van der Waals surface area contributed by atoms with Gasteiger partial charge in [-0.2, -0.15) is 0 Å². The van der Waals surface area contributed by atoms with E-state index in [9.17, 15) is 13.2 Å². The lowest BCUT2D eigenvalue weighted by molar-refractivity contribution is -0.137. The largest absolute Gasteiger partial charge is 0.481 e. The van der Waals surface area contributed by atoms with Gasteiger partial charge < -0.3 is 9.84 Å². The van der Waals surface area contributed by atoms with Crippen LogP contribution >= 0.6 is 0 Å². The maximum Gasteiger partial charge on any atom is 0.303 e. The number of fused-ring (bicyclic) bond motifs is 2. The van der Waals surface area contributed by atoms with E-state index in [1.807, 2.05) is 36.4 Å². The Morgan fingerprint density at radius 2 is 1.81 bits per heavy atom. The Labute approximate surface area is 161 Å². The van der Waals surface area contributed by atoms with Crippen LogP contribution in [0.2, 0.25) is 0 Å². The molecule has 2 saturated heterocycles. The lowest BCUT2D eigenvalue weighted by Gasteiger charge is -2.27. The maximum atomic E-state index is 12.7. The Bertz CT molecular complexity index is 756. The quantitative estimate of drug-likeness (QED) is 0.486. The molecule has 6 heteroatoms. The lowest BCUT2D eigenvalue weighted by Crippen LogP contribution is -2.33. The van der Waals surface area contributed by atoms with Crippen LogP contribution in [0.15, 0.2) is 42.5 Å². The van der Waals surface area contributed by atoms with Crippen molar-refractivity contribution in [1.82, 2.24) is 0 Å². The Balaban J connectivity index is 1.56. The molecule has 2 bridgehead atoms. The van der Waals surface area contributed by atoms with E-state index in [0.717, 1.165) is 31.2 Å². The molecule has 0 amide bonds. The van der Waals surface area contributed by atoms with Crippen LogP contribution in [0.3, 0.4) is 0 Å². The molecule has 2 fully saturated rings. The van der Waals surface area contributed by atoms with Gasteiger partial charge >= 0.3 is 5.97 Å². The van der Waals surface area contributed by atoms with Crippen molar-refractivity contribution < 1.29 is 23.1 Å². The smallest absolute Gasteiger partial charge is 0.303 e. The maximum absolute atomic E-state index is 12.7. The van der Waals surface area contributed by atoms with Gasteiger partial charge in [-0.05, 0) is 43.6 Å². The van der Waals surface area contributed by atoms with Crippen LogP contribution in [0.5, 0.6) is 0 Å². The Hall–Kier alpha value is -1.66. The minimum atomic E-state index is -3.19. The molecule has 0 spiro atoms. The summed E-state index contributed by atoms with van der Waals surface area (Å²) in [5, 5.41) is 8.67. The molecule has 0 unspecified atom stereocenters. The molecule has 1 N–H and O–H groups in total. The minimum Gasteiger partial charge on any atom is -0.481 e. The first-order valence-electron chi connectivity index (χ1n) is 9.71. The number of carboxylic acids is 1. The predicted octanol–water partition coefficient (Wildman–Crippen LogP) is 3.60. The molecule has 148 valence electrons. The molecule has 2 aliphatic rings. The number of hydrogen-bond donors (Lipinski definition) is 1. The summed E-state index contributed by atoms with van der Waals surface area (Å²) in [6.07, 6.45) is 8.65. The summed E-state index contributed by atoms with van der Waals surface area (Å²) in [6, 6.07) is 9.32. The van der Waals surface area contributed by atoms with Crippen molar-refractivity contribution in [3.63, 3.8) is 0 Å². The van der Waals surface area contributed by atoms with Crippen molar-refractivity contribution in [2.45, 2.75) is 56.5 Å². The Morgan fingerprint density at radius 1 is 1.11 bits per heavy atom. The number of allylic oxidation sites excluding steroid dienone is 2. The number of rotatable bonds is 10. The van der Waals surface area contributed by atoms with Crippen LogP contribution in [-0.4, -0.2) is 37.5 Å². The Kier molecular flexibility index (Phi) is 6.71. The van der Waals surface area contributed by atoms with Crippen molar-refractivity contribution >= 4 is 15.8 Å². The van der Waals surface area contributed by atoms with Crippen molar-refractivity contribution in [2.24, 2.45) is 11.8 Å². The van der Waals surface area contributed by atoms with Gasteiger partial charge in [0.1, 0.15) is 0 Å². The molecule has 1 aromatic carbocycles. The second kappa shape index (κ2) is 9.02. The van der Waals surface area contributed by atoms with E-state index in [0.29, 0.717) is 6.42 Å². The van der Waals surface area contributed by atoms with Gasteiger partial charge in [0, 0.05) is 12.3 Å². The van der Waals surface area contributed by atoms with E-state index < -0.39 is 15.8 Å². The summed E-state index contributed by atoms with van der Waals surface area (Å²) in [4.78, 5) is 10.5. The summed E-state index contributed by atoms with van der Waals surface area (Å²) in [7, 11) is -3.19. The highest BCUT2D eigenvalue weighted by Crippen LogP contribution is 2.45. The highest BCUT2D eigenvalue weighted by atomic mass is 32.2. The first-order valence-corrected chi connectivity index (χ1v) is 11.5. The number of carboxylic acid groups (broad SMARTS) is 1. The van der Waals surface area contributed by atoms with Gasteiger partial charge in [-0.25, -0.2) is 8.42 Å². The average molecular weight is 393 g/mol. The van der Waals surface area contributed by atoms with Gasteiger partial charge in [0.05, 0.1) is 23.7 Å². The van der Waals surface area contributed by atoms with Crippen molar-refractivity contribution in [3.05, 3.63) is 48.0 Å². The molecule has 5 nitrogen and oxygen atoms in total. The molecular formula is C21H28O5S. The van der Waals surface area contributed by atoms with Crippen LogP contribution in [0.4, 0.5) is 0 Å². The number of hydrogen-bond acceptors (Lipinski definition) is 4. The van der Waals surface area contributed by atoms with E-state index in [4.69, 9.17) is 9.84 Å². The molecular weight excluding hydrogens is 364 g/mol. The van der Waals surface area contributed by atoms with Crippen molar-refractivity contribution in [1.29, 1.82) is 0 Å². The third-order valence-corrected chi connectivity index (χ3v) is 7.27. The summed E-state index contributed by atoms with van der Waals surface area (Å²) < 4.78 is 31.5. The van der Waals surface area contributed by atoms with Crippen LogP contribution in [-0.2, 0) is 25.1 Å². The fourth-order valence-corrected chi connectivity index (χ4v) is 6.22. The fourth-order valence-electron chi connectivity index (χ4n) is 4.35. The average Bonchev–Trinajstić information content (AvgIpc) is 3.20. The molecule has 4 atom stereocenters. The highest BCUT2D eigenvalue weighted by molar-refractivity contribution is 7.90. The monoisotopic (exact) mass is 392 g/mol. The van der Waals surface area contributed by atoms with E-state index in [1.54, 1.807) is 0 Å². The number of carbonyl (C=O) groups is 1. The molecule has 3 rings (SSSR count). The number of ether oxygens (including phenoxy) is 1. The molecule has 0 saturated carbocycles. The minimum absolute atomic E-state index is 0.0566. The number of aliphatic carboxylic acids is 1. The van der Waals surface area contributed by atoms with E-state index >= 15 is 0 Å². The number of benzene rings is 1. The Morgan fingerprint density at radius 3 is 2.52 bits per heavy atom. The molecule has 1 aromatic rings. The standard InChI is InChI=1S/C21H28O5S/c22-21(23)11-7-2-1-6-10-17-18(20-13-12-19(17)26-20)15-27(24,25)14-16-8-4-3-5-9-16/h1,3-6,8-9,17-20H,2,7,10-15H2,(H,22,23)/b6-1-/t17-,18-,19-,20+/m1/s1. The molecule has 27 heavy (non-hydrogen) atoms. The first kappa shape index (κ1) is 20.1. The zero-order valence-corrected chi connectivity index (χ0v) is 16.3. The second-order valence-electron chi connectivity index (χ2n) is 7.65. The van der Waals surface area contributed by atoms with Crippen molar-refractivity contribution in [3.8, 4) is 0 Å². The van der Waals surface area contributed by atoms with Crippen LogP contribution in [0.1, 0.15) is 44.1 Å². The van der Waals surface area contributed by atoms with Crippen LogP contribution < -0.4 is 0 Å². The van der Waals surface area contributed by atoms with Gasteiger partial charge in [-0.3, -0.25) is 4.79 Å². The summed E-state index contributed by atoms with van der Waals surface area (Å²) >= 11 is 0. The highest BCUT2D eigenvalue weighted by Gasteiger charge is 2.49. The van der Waals surface area contributed by atoms with Crippen molar-refractivity contribution in [2.75, 3.05) is 5.75 Å². The molecule has 2 heterocycles. The topological polar surface area (TPSA) is 80.7 Å². The predicted molar refractivity (Wildman–Crippen MR) is 104 cm³/mol. The zero-order valence-electron chi connectivity index (χ0n) is 15.5. The molecule has 0 aliphatic carbocycles. The van der Waals surface area contributed by atoms with E-state index in [-0.39, 0.29) is 42.0 Å². The van der Waals surface area contributed by atoms with Gasteiger partial charge in [0.25, 0.3) is 0 Å². The molecule has 0 radical (unpaired) electrons. The van der Waals surface area contributed by atoms with E-state index in [1.165, 1.54) is 0 Å². The third kappa shape index (κ3) is 5.66. The molecule has 0 aromatic heterocycles. The fraction of sp³-hybridized carbons (Fsp3) is 0.571. The summed E-state index contributed by atoms with van der Waals surface area (Å²) in [6.45, 7) is 0. The number of sulfone groups is 1. The van der Waals surface area contributed by atoms with Crippen LogP contribution in [0, 0.1) is 11.8 Å². The van der Waals surface area contributed by atoms with E-state index in [2.05, 4.69) is 6.08 Å². The first-order chi connectivity index (χ1) is 12.9.